The molecule has 2 amide bonds. The van der Waals surface area contributed by atoms with E-state index in [0.717, 1.165) is 6.42 Å². The second kappa shape index (κ2) is 9.05. The van der Waals surface area contributed by atoms with Crippen LogP contribution in [0.25, 0.3) is 5.69 Å². The maximum atomic E-state index is 12.4. The summed E-state index contributed by atoms with van der Waals surface area (Å²) in [6.07, 6.45) is 3.79. The number of carbonyl (C=O) groups excluding carboxylic acids is 2. The fourth-order valence-corrected chi connectivity index (χ4v) is 2.64. The third-order valence-electron chi connectivity index (χ3n) is 3.76. The summed E-state index contributed by atoms with van der Waals surface area (Å²) >= 11 is 6.15. The van der Waals surface area contributed by atoms with Gasteiger partial charge >= 0.3 is 12.0 Å². The second-order valence-corrected chi connectivity index (χ2v) is 6.33. The van der Waals surface area contributed by atoms with Crippen molar-refractivity contribution in [3.05, 3.63) is 71.5 Å². The number of amides is 2. The normalized spacial score (nSPS) is 10.4. The summed E-state index contributed by atoms with van der Waals surface area (Å²) in [6.45, 7) is 2.55. The lowest BCUT2D eigenvalue weighted by atomic mass is 10.3. The van der Waals surface area contributed by atoms with Crippen LogP contribution in [0, 0.1) is 0 Å². The highest BCUT2D eigenvalue weighted by Crippen LogP contribution is 2.21. The molecule has 0 bridgehead atoms. The van der Waals surface area contributed by atoms with Crippen molar-refractivity contribution in [3.63, 3.8) is 0 Å². The smallest absolute Gasteiger partial charge is 0.346 e. The van der Waals surface area contributed by atoms with Crippen LogP contribution in [-0.4, -0.2) is 28.3 Å². The Labute approximate surface area is 167 Å². The van der Waals surface area contributed by atoms with Crippen molar-refractivity contribution in [2.24, 2.45) is 0 Å². The number of rotatable bonds is 6. The summed E-state index contributed by atoms with van der Waals surface area (Å²) in [6, 6.07) is 13.5. The fourth-order valence-electron chi connectivity index (χ4n) is 2.41. The molecule has 0 aliphatic heterocycles. The van der Waals surface area contributed by atoms with Gasteiger partial charge in [-0.3, -0.25) is 0 Å². The summed E-state index contributed by atoms with van der Waals surface area (Å²) in [4.78, 5) is 24.1. The van der Waals surface area contributed by atoms with Crippen LogP contribution in [0.5, 0.6) is 5.75 Å². The van der Waals surface area contributed by atoms with Crippen LogP contribution in [0.2, 0.25) is 5.02 Å². The van der Waals surface area contributed by atoms with Gasteiger partial charge in [0.25, 0.3) is 0 Å². The van der Waals surface area contributed by atoms with Crippen molar-refractivity contribution >= 4 is 29.3 Å². The minimum absolute atomic E-state index is 0.277. The zero-order chi connectivity index (χ0) is 19.9. The monoisotopic (exact) mass is 398 g/mol. The van der Waals surface area contributed by atoms with Gasteiger partial charge in [0.05, 0.1) is 22.5 Å². The molecule has 0 aliphatic rings. The Bertz CT molecular complexity index is 987. The number of nitrogens with zero attached hydrogens (tertiary/aromatic N) is 2. The number of urea groups is 1. The molecule has 8 heteroatoms. The van der Waals surface area contributed by atoms with Crippen LogP contribution in [-0.2, 0) is 0 Å². The van der Waals surface area contributed by atoms with Gasteiger partial charge in [0, 0.05) is 24.5 Å². The quantitative estimate of drug-likeness (QED) is 0.479. The van der Waals surface area contributed by atoms with Crippen LogP contribution < -0.4 is 15.4 Å². The fraction of sp³-hybridized carbons (Fsp3) is 0.150. The number of benzene rings is 2. The van der Waals surface area contributed by atoms with Crippen molar-refractivity contribution in [3.8, 4) is 11.4 Å². The van der Waals surface area contributed by atoms with E-state index in [1.54, 1.807) is 42.6 Å². The molecule has 0 radical (unpaired) electrons. The lowest BCUT2D eigenvalue weighted by molar-refractivity contribution is 0.0735. The molecule has 1 aromatic heterocycles. The topological polar surface area (TPSA) is 85.2 Å². The minimum Gasteiger partial charge on any atom is -0.423 e. The average molecular weight is 399 g/mol. The van der Waals surface area contributed by atoms with Crippen molar-refractivity contribution in [1.29, 1.82) is 0 Å². The van der Waals surface area contributed by atoms with E-state index in [4.69, 9.17) is 16.3 Å². The second-order valence-electron chi connectivity index (χ2n) is 5.92. The Morgan fingerprint density at radius 2 is 2.00 bits per heavy atom. The summed E-state index contributed by atoms with van der Waals surface area (Å²) in [7, 11) is 0. The van der Waals surface area contributed by atoms with Crippen LogP contribution >= 0.6 is 11.6 Å². The molecule has 0 unspecified atom stereocenters. The van der Waals surface area contributed by atoms with Crippen molar-refractivity contribution in [1.82, 2.24) is 15.1 Å². The van der Waals surface area contributed by atoms with Gasteiger partial charge in [-0.25, -0.2) is 14.3 Å². The maximum Gasteiger partial charge on any atom is 0.346 e. The number of esters is 1. The van der Waals surface area contributed by atoms with Crippen LogP contribution in [0.3, 0.4) is 0 Å². The van der Waals surface area contributed by atoms with Gasteiger partial charge < -0.3 is 15.4 Å². The number of para-hydroxylation sites is 1. The number of carbonyl (C=O) groups is 2. The largest absolute Gasteiger partial charge is 0.423 e. The number of anilines is 1. The van der Waals surface area contributed by atoms with E-state index in [1.165, 1.54) is 10.9 Å². The van der Waals surface area contributed by atoms with E-state index >= 15 is 0 Å². The van der Waals surface area contributed by atoms with Gasteiger partial charge in [0.2, 0.25) is 0 Å². The molecule has 3 aromatic rings. The average Bonchev–Trinajstić information content (AvgIpc) is 3.17. The number of hydrogen-bond donors (Lipinski definition) is 2. The van der Waals surface area contributed by atoms with Crippen molar-refractivity contribution < 1.29 is 14.3 Å². The first kappa shape index (κ1) is 19.4. The molecule has 2 N–H and O–H groups in total. The number of ether oxygens (including phenoxy) is 1. The Kier molecular flexibility index (Phi) is 6.29. The molecule has 0 aliphatic carbocycles. The number of halogens is 1. The zero-order valence-electron chi connectivity index (χ0n) is 15.2. The van der Waals surface area contributed by atoms with E-state index in [0.29, 0.717) is 28.7 Å². The van der Waals surface area contributed by atoms with Crippen molar-refractivity contribution in [2.45, 2.75) is 13.3 Å². The maximum absolute atomic E-state index is 12.4. The molecular weight excluding hydrogens is 380 g/mol. The van der Waals surface area contributed by atoms with Crippen LogP contribution in [0.4, 0.5) is 10.5 Å². The first-order chi connectivity index (χ1) is 13.6. The standard InChI is InChI=1S/C20H19ClN4O3/c1-2-10-22-20(27)24-15-6-5-7-16(11-15)28-19(26)14-12-23-25(13-14)18-9-4-3-8-17(18)21/h3-9,11-13H,2,10H2,1H3,(H2,22,24,27). The van der Waals surface area contributed by atoms with Gasteiger partial charge in [0.15, 0.2) is 0 Å². The molecule has 3 rings (SSSR count). The minimum atomic E-state index is -0.564. The SMILES string of the molecule is CCCNC(=O)Nc1cccc(OC(=O)c2cnn(-c3ccccc3Cl)c2)c1. The molecule has 7 nitrogen and oxygen atoms in total. The Morgan fingerprint density at radius 1 is 1.18 bits per heavy atom. The van der Waals surface area contributed by atoms with Gasteiger partial charge in [-0.05, 0) is 30.7 Å². The molecular formula is C20H19ClN4O3. The lowest BCUT2D eigenvalue weighted by Crippen LogP contribution is -2.29. The predicted molar refractivity (Wildman–Crippen MR) is 107 cm³/mol. The Balaban J connectivity index is 1.68. The highest BCUT2D eigenvalue weighted by atomic mass is 35.5. The van der Waals surface area contributed by atoms with Gasteiger partial charge in [-0.15, -0.1) is 0 Å². The third kappa shape index (κ3) is 4.89. The molecule has 0 saturated heterocycles. The molecule has 2 aromatic carbocycles. The van der Waals surface area contributed by atoms with Gasteiger partial charge in [0.1, 0.15) is 5.75 Å². The molecule has 28 heavy (non-hydrogen) atoms. The molecule has 144 valence electrons. The molecule has 1 heterocycles. The molecule has 0 fully saturated rings. The summed E-state index contributed by atoms with van der Waals surface area (Å²) < 4.78 is 6.90. The van der Waals surface area contributed by atoms with Crippen molar-refractivity contribution in [2.75, 3.05) is 11.9 Å². The first-order valence-corrected chi connectivity index (χ1v) is 9.11. The molecule has 0 spiro atoms. The van der Waals surface area contributed by atoms with Gasteiger partial charge in [-0.1, -0.05) is 36.7 Å². The van der Waals surface area contributed by atoms with E-state index in [2.05, 4.69) is 15.7 Å². The number of aromatic nitrogens is 2. The summed E-state index contributed by atoms with van der Waals surface area (Å²) in [5.41, 5.74) is 1.46. The van der Waals surface area contributed by atoms with E-state index in [-0.39, 0.29) is 11.6 Å². The Morgan fingerprint density at radius 3 is 2.79 bits per heavy atom. The van der Waals surface area contributed by atoms with E-state index in [1.807, 2.05) is 19.1 Å². The van der Waals surface area contributed by atoms with Crippen LogP contribution in [0.15, 0.2) is 60.9 Å². The number of hydrogen-bond acceptors (Lipinski definition) is 4. The highest BCUT2D eigenvalue weighted by Gasteiger charge is 2.13. The molecule has 0 saturated carbocycles. The zero-order valence-corrected chi connectivity index (χ0v) is 15.9. The molecule has 0 atom stereocenters. The lowest BCUT2D eigenvalue weighted by Gasteiger charge is -2.08. The third-order valence-corrected chi connectivity index (χ3v) is 4.08. The summed E-state index contributed by atoms with van der Waals surface area (Å²) in [5, 5.41) is 10.1. The first-order valence-electron chi connectivity index (χ1n) is 8.73. The summed E-state index contributed by atoms with van der Waals surface area (Å²) in [5.74, 6) is -0.255. The number of nitrogens with one attached hydrogen (secondary N) is 2. The predicted octanol–water partition coefficient (Wildman–Crippen LogP) is 4.28. The Hall–Kier alpha value is -3.32. The van der Waals surface area contributed by atoms with Gasteiger partial charge in [-0.2, -0.15) is 5.10 Å². The van der Waals surface area contributed by atoms with E-state index < -0.39 is 5.97 Å². The highest BCUT2D eigenvalue weighted by molar-refractivity contribution is 6.32. The van der Waals surface area contributed by atoms with E-state index in [9.17, 15) is 9.59 Å². The van der Waals surface area contributed by atoms with Crippen LogP contribution in [0.1, 0.15) is 23.7 Å².